The van der Waals surface area contributed by atoms with Crippen LogP contribution in [0.1, 0.15) is 42.1 Å². The summed E-state index contributed by atoms with van der Waals surface area (Å²) in [5.74, 6) is 0. The molecule has 1 aromatic carbocycles. The molecule has 0 aliphatic carbocycles. The average Bonchev–Trinajstić information content (AvgIpc) is 2.40. The molecule has 1 aromatic rings. The van der Waals surface area contributed by atoms with Gasteiger partial charge in [0.05, 0.1) is 6.10 Å². The zero-order chi connectivity index (χ0) is 13.8. The first-order chi connectivity index (χ1) is 9.06. The number of aliphatic hydroxyl groups is 1. The molecule has 1 atom stereocenters. The molecule has 1 aliphatic rings. The van der Waals surface area contributed by atoms with Crippen LogP contribution in [0.4, 0.5) is 0 Å². The van der Waals surface area contributed by atoms with Crippen molar-refractivity contribution < 1.29 is 5.11 Å². The van der Waals surface area contributed by atoms with E-state index in [1.807, 2.05) is 0 Å². The van der Waals surface area contributed by atoms with Gasteiger partial charge in [-0.1, -0.05) is 23.8 Å². The van der Waals surface area contributed by atoms with E-state index in [4.69, 9.17) is 5.73 Å². The van der Waals surface area contributed by atoms with Crippen molar-refractivity contribution in [2.75, 3.05) is 19.6 Å². The Morgan fingerprint density at radius 2 is 2.00 bits per heavy atom. The average molecular weight is 262 g/mol. The molecule has 1 heterocycles. The molecule has 3 heteroatoms. The molecule has 0 bridgehead atoms. The number of likely N-dealkylation sites (tertiary alicyclic amines) is 1. The van der Waals surface area contributed by atoms with Crippen LogP contribution < -0.4 is 5.73 Å². The van der Waals surface area contributed by atoms with Crippen LogP contribution in [0.3, 0.4) is 0 Å². The van der Waals surface area contributed by atoms with E-state index in [1.165, 1.54) is 11.1 Å². The van der Waals surface area contributed by atoms with Crippen LogP contribution in [0.15, 0.2) is 18.2 Å². The molecule has 2 rings (SSSR count). The van der Waals surface area contributed by atoms with Crippen molar-refractivity contribution in [1.82, 2.24) is 4.90 Å². The normalized spacial score (nSPS) is 19.6. The van der Waals surface area contributed by atoms with Crippen molar-refractivity contribution in [2.24, 2.45) is 5.73 Å². The molecule has 0 amide bonds. The highest BCUT2D eigenvalue weighted by Crippen LogP contribution is 2.22. The number of aryl methyl sites for hydroxylation is 2. The summed E-state index contributed by atoms with van der Waals surface area (Å²) in [6, 6.07) is 6.66. The Hall–Kier alpha value is -0.900. The second kappa shape index (κ2) is 6.51. The SMILES string of the molecule is Cc1ccc(C)c(C(O)CCN2CCC(N)CC2)c1. The first-order valence-electron chi connectivity index (χ1n) is 7.29. The van der Waals surface area contributed by atoms with Crippen molar-refractivity contribution in [3.63, 3.8) is 0 Å². The van der Waals surface area contributed by atoms with Gasteiger partial charge in [0.25, 0.3) is 0 Å². The largest absolute Gasteiger partial charge is 0.388 e. The van der Waals surface area contributed by atoms with E-state index in [-0.39, 0.29) is 6.10 Å². The third-order valence-corrected chi connectivity index (χ3v) is 4.14. The monoisotopic (exact) mass is 262 g/mol. The lowest BCUT2D eigenvalue weighted by molar-refractivity contribution is 0.130. The Morgan fingerprint density at radius 3 is 2.68 bits per heavy atom. The van der Waals surface area contributed by atoms with E-state index in [0.717, 1.165) is 44.5 Å². The summed E-state index contributed by atoms with van der Waals surface area (Å²) in [5, 5.41) is 10.4. The van der Waals surface area contributed by atoms with Gasteiger partial charge in [-0.3, -0.25) is 0 Å². The van der Waals surface area contributed by atoms with Gasteiger partial charge in [0.1, 0.15) is 0 Å². The van der Waals surface area contributed by atoms with Crippen LogP contribution >= 0.6 is 0 Å². The van der Waals surface area contributed by atoms with E-state index >= 15 is 0 Å². The molecule has 3 nitrogen and oxygen atoms in total. The van der Waals surface area contributed by atoms with Crippen LogP contribution in [0, 0.1) is 13.8 Å². The zero-order valence-electron chi connectivity index (χ0n) is 12.1. The number of hydrogen-bond acceptors (Lipinski definition) is 3. The number of nitrogens with two attached hydrogens (primary N) is 1. The van der Waals surface area contributed by atoms with Crippen molar-refractivity contribution in [1.29, 1.82) is 0 Å². The first kappa shape index (κ1) is 14.5. The van der Waals surface area contributed by atoms with E-state index in [2.05, 4.69) is 36.9 Å². The molecule has 1 aliphatic heterocycles. The second-order valence-electron chi connectivity index (χ2n) is 5.84. The number of hydrogen-bond donors (Lipinski definition) is 2. The molecular formula is C16H26N2O. The van der Waals surface area contributed by atoms with Gasteiger partial charge in [-0.25, -0.2) is 0 Å². The predicted octanol–water partition coefficient (Wildman–Crippen LogP) is 2.15. The molecule has 1 unspecified atom stereocenters. The minimum Gasteiger partial charge on any atom is -0.388 e. The highest BCUT2D eigenvalue weighted by Gasteiger charge is 2.17. The fraction of sp³-hybridized carbons (Fsp3) is 0.625. The van der Waals surface area contributed by atoms with Gasteiger partial charge in [0.15, 0.2) is 0 Å². The smallest absolute Gasteiger partial charge is 0.0804 e. The molecule has 0 spiro atoms. The van der Waals surface area contributed by atoms with Gasteiger partial charge in [-0.05, 0) is 57.3 Å². The number of aliphatic hydroxyl groups excluding tert-OH is 1. The van der Waals surface area contributed by atoms with Crippen LogP contribution in [-0.4, -0.2) is 35.7 Å². The maximum atomic E-state index is 10.4. The maximum Gasteiger partial charge on any atom is 0.0804 e. The van der Waals surface area contributed by atoms with Gasteiger partial charge in [-0.15, -0.1) is 0 Å². The maximum absolute atomic E-state index is 10.4. The summed E-state index contributed by atoms with van der Waals surface area (Å²) in [6.45, 7) is 7.24. The standard InChI is InChI=1S/C16H26N2O/c1-12-3-4-13(2)15(11-12)16(19)7-10-18-8-5-14(17)6-9-18/h3-4,11,14,16,19H,5-10,17H2,1-2H3. The van der Waals surface area contributed by atoms with E-state index in [0.29, 0.717) is 6.04 Å². The predicted molar refractivity (Wildman–Crippen MR) is 79.1 cm³/mol. The summed E-state index contributed by atoms with van der Waals surface area (Å²) >= 11 is 0. The van der Waals surface area contributed by atoms with E-state index in [9.17, 15) is 5.11 Å². The molecule has 0 radical (unpaired) electrons. The van der Waals surface area contributed by atoms with Crippen molar-refractivity contribution >= 4 is 0 Å². The summed E-state index contributed by atoms with van der Waals surface area (Å²) in [4.78, 5) is 2.41. The third-order valence-electron chi connectivity index (χ3n) is 4.14. The molecule has 106 valence electrons. The third kappa shape index (κ3) is 4.03. The van der Waals surface area contributed by atoms with Crippen molar-refractivity contribution in [3.8, 4) is 0 Å². The molecule has 3 N–H and O–H groups in total. The van der Waals surface area contributed by atoms with Gasteiger partial charge >= 0.3 is 0 Å². The van der Waals surface area contributed by atoms with E-state index < -0.39 is 0 Å². The number of nitrogens with zero attached hydrogens (tertiary/aromatic N) is 1. The molecule has 19 heavy (non-hydrogen) atoms. The highest BCUT2D eigenvalue weighted by atomic mass is 16.3. The second-order valence-corrected chi connectivity index (χ2v) is 5.84. The minimum atomic E-state index is -0.351. The summed E-state index contributed by atoms with van der Waals surface area (Å²) in [6.07, 6.45) is 2.62. The zero-order valence-corrected chi connectivity index (χ0v) is 12.1. The molecule has 0 aromatic heterocycles. The summed E-state index contributed by atoms with van der Waals surface area (Å²) in [7, 11) is 0. The summed E-state index contributed by atoms with van der Waals surface area (Å²) < 4.78 is 0. The number of rotatable bonds is 4. The lowest BCUT2D eigenvalue weighted by Crippen LogP contribution is -2.40. The van der Waals surface area contributed by atoms with Gasteiger partial charge < -0.3 is 15.7 Å². The lowest BCUT2D eigenvalue weighted by Gasteiger charge is -2.30. The van der Waals surface area contributed by atoms with Crippen molar-refractivity contribution in [3.05, 3.63) is 34.9 Å². The summed E-state index contributed by atoms with van der Waals surface area (Å²) in [5.41, 5.74) is 9.37. The molecule has 0 saturated carbocycles. The first-order valence-corrected chi connectivity index (χ1v) is 7.29. The van der Waals surface area contributed by atoms with Crippen LogP contribution in [0.5, 0.6) is 0 Å². The van der Waals surface area contributed by atoms with E-state index in [1.54, 1.807) is 0 Å². The molecule has 1 saturated heterocycles. The van der Waals surface area contributed by atoms with Gasteiger partial charge in [0, 0.05) is 12.6 Å². The Morgan fingerprint density at radius 1 is 1.32 bits per heavy atom. The van der Waals surface area contributed by atoms with Gasteiger partial charge in [-0.2, -0.15) is 0 Å². The Labute approximate surface area is 116 Å². The highest BCUT2D eigenvalue weighted by molar-refractivity contribution is 5.32. The lowest BCUT2D eigenvalue weighted by atomic mass is 9.98. The number of piperidine rings is 1. The fourth-order valence-corrected chi connectivity index (χ4v) is 2.76. The fourth-order valence-electron chi connectivity index (χ4n) is 2.76. The quantitative estimate of drug-likeness (QED) is 0.874. The molecule has 1 fully saturated rings. The van der Waals surface area contributed by atoms with Crippen LogP contribution in [0.2, 0.25) is 0 Å². The minimum absolute atomic E-state index is 0.351. The van der Waals surface area contributed by atoms with Crippen molar-refractivity contribution in [2.45, 2.75) is 45.3 Å². The van der Waals surface area contributed by atoms with Crippen LogP contribution in [0.25, 0.3) is 0 Å². The van der Waals surface area contributed by atoms with Gasteiger partial charge in [0.2, 0.25) is 0 Å². The Balaban J connectivity index is 1.87. The van der Waals surface area contributed by atoms with Crippen LogP contribution in [-0.2, 0) is 0 Å². The number of benzene rings is 1. The molecular weight excluding hydrogens is 236 g/mol. The Bertz CT molecular complexity index is 411. The Kier molecular flexibility index (Phi) is 4.97. The topological polar surface area (TPSA) is 49.5 Å².